The van der Waals surface area contributed by atoms with Crippen LogP contribution in [-0.4, -0.2) is 61.6 Å². The molecule has 0 spiro atoms. The summed E-state index contributed by atoms with van der Waals surface area (Å²) in [6.45, 7) is 13.2. The van der Waals surface area contributed by atoms with Gasteiger partial charge in [-0.3, -0.25) is 0 Å². The van der Waals surface area contributed by atoms with Crippen LogP contribution < -0.4 is 10.2 Å². The Morgan fingerprint density at radius 2 is 1.70 bits per heavy atom. The maximum Gasteiger partial charge on any atom is 0.228 e. The van der Waals surface area contributed by atoms with Crippen LogP contribution in [0, 0.1) is 13.8 Å². The first-order valence-electron chi connectivity index (χ1n) is 15.1. The SMILES string of the molecule is CCN(CC)C1CCN(c2ccc(Nc3nccc(-c4cc(C)c5nc(C)n(C6CCCC6)c5c4)n3)nc2)CC1. The Balaban J connectivity index is 1.17. The van der Waals surface area contributed by atoms with Crippen molar-refractivity contribution in [2.45, 2.75) is 78.3 Å². The molecule has 1 N–H and O–H groups in total. The minimum Gasteiger partial charge on any atom is -0.370 e. The first-order chi connectivity index (χ1) is 19.5. The van der Waals surface area contributed by atoms with Gasteiger partial charge in [0.05, 0.1) is 28.6 Å². The smallest absolute Gasteiger partial charge is 0.228 e. The monoisotopic (exact) mass is 538 g/mol. The molecule has 0 radical (unpaired) electrons. The lowest BCUT2D eigenvalue weighted by molar-refractivity contribution is 0.186. The number of aromatic nitrogens is 5. The van der Waals surface area contributed by atoms with Crippen LogP contribution in [0.1, 0.15) is 69.8 Å². The van der Waals surface area contributed by atoms with Gasteiger partial charge >= 0.3 is 0 Å². The van der Waals surface area contributed by atoms with E-state index in [-0.39, 0.29) is 0 Å². The third-order valence-corrected chi connectivity index (χ3v) is 8.95. The van der Waals surface area contributed by atoms with E-state index in [0.29, 0.717) is 18.0 Å². The molecule has 0 unspecified atom stereocenters. The van der Waals surface area contributed by atoms with Crippen LogP contribution in [-0.2, 0) is 0 Å². The van der Waals surface area contributed by atoms with E-state index < -0.39 is 0 Å². The molecule has 2 aliphatic rings. The molecule has 4 aromatic rings. The predicted octanol–water partition coefficient (Wildman–Crippen LogP) is 6.67. The number of rotatable bonds is 8. The molecule has 1 saturated carbocycles. The third kappa shape index (κ3) is 5.29. The van der Waals surface area contributed by atoms with Gasteiger partial charge < -0.3 is 19.7 Å². The Morgan fingerprint density at radius 3 is 2.40 bits per heavy atom. The average molecular weight is 539 g/mol. The number of aryl methyl sites for hydroxylation is 2. The van der Waals surface area contributed by atoms with Gasteiger partial charge in [0.15, 0.2) is 0 Å². The molecule has 1 aliphatic heterocycles. The fraction of sp³-hybridized carbons (Fsp3) is 0.500. The number of pyridine rings is 1. The molecule has 2 fully saturated rings. The van der Waals surface area contributed by atoms with Crippen LogP contribution in [0.3, 0.4) is 0 Å². The normalized spacial score (nSPS) is 16.9. The highest BCUT2D eigenvalue weighted by Crippen LogP contribution is 2.36. The van der Waals surface area contributed by atoms with Crippen LogP contribution in [0.25, 0.3) is 22.3 Å². The molecule has 8 heteroatoms. The molecule has 1 aromatic carbocycles. The fourth-order valence-electron chi connectivity index (χ4n) is 6.82. The number of fused-ring (bicyclic) bond motifs is 1. The van der Waals surface area contributed by atoms with Crippen molar-refractivity contribution in [1.29, 1.82) is 0 Å². The maximum atomic E-state index is 4.93. The highest BCUT2D eigenvalue weighted by atomic mass is 15.2. The lowest BCUT2D eigenvalue weighted by Gasteiger charge is -2.38. The second-order valence-corrected chi connectivity index (χ2v) is 11.4. The Morgan fingerprint density at radius 1 is 0.925 bits per heavy atom. The van der Waals surface area contributed by atoms with Crippen LogP contribution in [0.15, 0.2) is 42.7 Å². The summed E-state index contributed by atoms with van der Waals surface area (Å²) in [5.41, 5.74) is 6.65. The van der Waals surface area contributed by atoms with Crippen molar-refractivity contribution in [2.24, 2.45) is 0 Å². The number of nitrogens with one attached hydrogen (secondary N) is 1. The summed E-state index contributed by atoms with van der Waals surface area (Å²) in [6.07, 6.45) is 11.3. The van der Waals surface area contributed by atoms with E-state index in [2.05, 4.69) is 70.6 Å². The lowest BCUT2D eigenvalue weighted by atomic mass is 10.0. The second-order valence-electron chi connectivity index (χ2n) is 11.4. The van der Waals surface area contributed by atoms with Gasteiger partial charge in [0.1, 0.15) is 11.6 Å². The molecule has 8 nitrogen and oxygen atoms in total. The number of hydrogen-bond donors (Lipinski definition) is 1. The van der Waals surface area contributed by atoms with Crippen molar-refractivity contribution in [3.05, 3.63) is 54.1 Å². The van der Waals surface area contributed by atoms with E-state index in [4.69, 9.17) is 15.0 Å². The predicted molar refractivity (Wildman–Crippen MR) is 163 cm³/mol. The molecule has 6 rings (SSSR count). The van der Waals surface area contributed by atoms with Gasteiger partial charge in [-0.1, -0.05) is 26.7 Å². The Hall–Kier alpha value is -3.52. The molecule has 1 saturated heterocycles. The Bertz CT molecular complexity index is 1440. The summed E-state index contributed by atoms with van der Waals surface area (Å²) in [4.78, 5) is 24.0. The zero-order valence-electron chi connectivity index (χ0n) is 24.4. The van der Waals surface area contributed by atoms with Gasteiger partial charge in [-0.15, -0.1) is 0 Å². The number of anilines is 3. The van der Waals surface area contributed by atoms with Crippen LogP contribution in [0.5, 0.6) is 0 Å². The second kappa shape index (κ2) is 11.5. The average Bonchev–Trinajstić information content (AvgIpc) is 3.62. The molecule has 40 heavy (non-hydrogen) atoms. The van der Waals surface area contributed by atoms with Gasteiger partial charge in [-0.05, 0) is 88.5 Å². The van der Waals surface area contributed by atoms with E-state index in [1.807, 2.05) is 24.5 Å². The van der Waals surface area contributed by atoms with Crippen molar-refractivity contribution in [3.8, 4) is 11.3 Å². The van der Waals surface area contributed by atoms with E-state index >= 15 is 0 Å². The number of piperidine rings is 1. The number of hydrogen-bond acceptors (Lipinski definition) is 7. The zero-order chi connectivity index (χ0) is 27.6. The standard InChI is InChI=1S/C32H42N8/c1-5-38(6-2)25-14-17-39(18-15-25)27-11-12-30(34-21-27)37-32-33-16-13-28(36-32)24-19-22(3)31-29(20-24)40(23(4)35-31)26-9-7-8-10-26/h11-13,16,19-21,25-26H,5-10,14-15,17-18H2,1-4H3,(H,33,34,36,37). The number of imidazole rings is 1. The van der Waals surface area contributed by atoms with Gasteiger partial charge in [0, 0.05) is 36.9 Å². The summed E-state index contributed by atoms with van der Waals surface area (Å²) >= 11 is 0. The highest BCUT2D eigenvalue weighted by Gasteiger charge is 2.24. The van der Waals surface area contributed by atoms with Gasteiger partial charge in [0.2, 0.25) is 5.95 Å². The first-order valence-corrected chi connectivity index (χ1v) is 15.1. The molecular weight excluding hydrogens is 496 g/mol. The van der Waals surface area contributed by atoms with E-state index in [1.165, 1.54) is 55.3 Å². The van der Waals surface area contributed by atoms with Gasteiger partial charge in [0.25, 0.3) is 0 Å². The van der Waals surface area contributed by atoms with Crippen LogP contribution >= 0.6 is 0 Å². The van der Waals surface area contributed by atoms with Crippen molar-refractivity contribution < 1.29 is 0 Å². The number of nitrogens with zero attached hydrogens (tertiary/aromatic N) is 7. The topological polar surface area (TPSA) is 75.0 Å². The van der Waals surface area contributed by atoms with Crippen molar-refractivity contribution in [1.82, 2.24) is 29.4 Å². The van der Waals surface area contributed by atoms with Crippen LogP contribution in [0.4, 0.5) is 17.5 Å². The Labute approximate surface area is 237 Å². The molecule has 0 atom stereocenters. The molecular formula is C32H42N8. The summed E-state index contributed by atoms with van der Waals surface area (Å²) in [5, 5.41) is 3.32. The molecule has 0 bridgehead atoms. The van der Waals surface area contributed by atoms with Crippen molar-refractivity contribution in [2.75, 3.05) is 36.4 Å². The molecule has 4 heterocycles. The van der Waals surface area contributed by atoms with Crippen molar-refractivity contribution >= 4 is 28.5 Å². The molecule has 210 valence electrons. The zero-order valence-corrected chi connectivity index (χ0v) is 24.4. The van der Waals surface area contributed by atoms with E-state index in [1.54, 1.807) is 0 Å². The molecule has 1 aliphatic carbocycles. The number of benzene rings is 1. The van der Waals surface area contributed by atoms with Crippen molar-refractivity contribution in [3.63, 3.8) is 0 Å². The Kier molecular flexibility index (Phi) is 7.69. The minimum atomic E-state index is 0.546. The summed E-state index contributed by atoms with van der Waals surface area (Å²) in [6, 6.07) is 11.8. The van der Waals surface area contributed by atoms with Gasteiger partial charge in [-0.25, -0.2) is 19.9 Å². The van der Waals surface area contributed by atoms with E-state index in [9.17, 15) is 0 Å². The minimum absolute atomic E-state index is 0.546. The largest absolute Gasteiger partial charge is 0.370 e. The quantitative estimate of drug-likeness (QED) is 0.268. The lowest BCUT2D eigenvalue weighted by Crippen LogP contribution is -2.44. The maximum absolute atomic E-state index is 4.93. The van der Waals surface area contributed by atoms with Crippen LogP contribution in [0.2, 0.25) is 0 Å². The first kappa shape index (κ1) is 26.7. The fourth-order valence-corrected chi connectivity index (χ4v) is 6.82. The van der Waals surface area contributed by atoms with E-state index in [0.717, 1.165) is 54.6 Å². The molecule has 3 aromatic heterocycles. The summed E-state index contributed by atoms with van der Waals surface area (Å²) in [5.74, 6) is 2.41. The summed E-state index contributed by atoms with van der Waals surface area (Å²) in [7, 11) is 0. The third-order valence-electron chi connectivity index (χ3n) is 8.95. The summed E-state index contributed by atoms with van der Waals surface area (Å²) < 4.78 is 2.46. The van der Waals surface area contributed by atoms with Gasteiger partial charge in [-0.2, -0.15) is 0 Å². The molecule has 0 amide bonds. The highest BCUT2D eigenvalue weighted by molar-refractivity contribution is 5.85.